The molecule has 0 aliphatic heterocycles. The third-order valence-corrected chi connectivity index (χ3v) is 4.87. The van der Waals surface area contributed by atoms with Crippen LogP contribution < -0.4 is 20.1 Å². The minimum atomic E-state index is 0.641. The number of ether oxygens (including phenoxy) is 2. The van der Waals surface area contributed by atoms with E-state index in [4.69, 9.17) is 9.47 Å². The average molecular weight is 377 g/mol. The molecule has 7 heteroatoms. The van der Waals surface area contributed by atoms with Crippen molar-refractivity contribution in [3.8, 4) is 11.5 Å². The first-order chi connectivity index (χ1) is 12.7. The number of rotatable bonds is 9. The molecule has 2 rings (SSSR count). The van der Waals surface area contributed by atoms with Gasteiger partial charge in [0, 0.05) is 24.7 Å². The molecule has 6 nitrogen and oxygen atoms in total. The highest BCUT2D eigenvalue weighted by atomic mass is 32.1. The van der Waals surface area contributed by atoms with Gasteiger partial charge in [0.15, 0.2) is 17.5 Å². The fourth-order valence-corrected chi connectivity index (χ4v) is 3.11. The molecule has 0 atom stereocenters. The Morgan fingerprint density at radius 2 is 2.00 bits per heavy atom. The number of aryl methyl sites for hydroxylation is 1. The minimum absolute atomic E-state index is 0.641. The van der Waals surface area contributed by atoms with Gasteiger partial charge < -0.3 is 20.1 Å². The van der Waals surface area contributed by atoms with E-state index in [1.807, 2.05) is 24.4 Å². The van der Waals surface area contributed by atoms with Gasteiger partial charge in [-0.25, -0.2) is 4.98 Å². The zero-order chi connectivity index (χ0) is 18.8. The molecule has 142 valence electrons. The summed E-state index contributed by atoms with van der Waals surface area (Å²) < 4.78 is 11.1. The highest BCUT2D eigenvalue weighted by Crippen LogP contribution is 2.28. The van der Waals surface area contributed by atoms with E-state index in [0.29, 0.717) is 19.7 Å². The zero-order valence-corrected chi connectivity index (χ0v) is 16.8. The standard InChI is InChI=1S/C19H28N4O2S/c1-5-9-25-16-8-7-14(10-17(16)24-4)11-22-19(20-3)23-13-18-21-12-15(6-2)26-18/h7-8,10,12H,5-6,9,11,13H2,1-4H3,(H2,20,22,23). The summed E-state index contributed by atoms with van der Waals surface area (Å²) in [5.41, 5.74) is 1.09. The Morgan fingerprint density at radius 1 is 1.19 bits per heavy atom. The second-order valence-corrected chi connectivity index (χ2v) is 6.89. The maximum Gasteiger partial charge on any atom is 0.191 e. The molecule has 2 aromatic rings. The van der Waals surface area contributed by atoms with Crippen LogP contribution in [0.5, 0.6) is 11.5 Å². The molecule has 0 bridgehead atoms. The molecule has 0 aliphatic rings. The average Bonchev–Trinajstić information content (AvgIpc) is 3.14. The highest BCUT2D eigenvalue weighted by Gasteiger charge is 2.07. The van der Waals surface area contributed by atoms with Crippen molar-refractivity contribution >= 4 is 17.3 Å². The molecule has 0 amide bonds. The van der Waals surface area contributed by atoms with E-state index in [-0.39, 0.29) is 0 Å². The predicted molar refractivity (Wildman–Crippen MR) is 107 cm³/mol. The van der Waals surface area contributed by atoms with E-state index >= 15 is 0 Å². The first-order valence-electron chi connectivity index (χ1n) is 8.87. The van der Waals surface area contributed by atoms with Crippen molar-refractivity contribution in [1.29, 1.82) is 0 Å². The molecule has 0 spiro atoms. The maximum absolute atomic E-state index is 5.69. The topological polar surface area (TPSA) is 67.8 Å². The Balaban J connectivity index is 1.89. The van der Waals surface area contributed by atoms with Gasteiger partial charge in [-0.1, -0.05) is 19.9 Å². The lowest BCUT2D eigenvalue weighted by atomic mass is 10.2. The van der Waals surface area contributed by atoms with Crippen molar-refractivity contribution in [2.75, 3.05) is 20.8 Å². The lowest BCUT2D eigenvalue weighted by Gasteiger charge is -2.14. The zero-order valence-electron chi connectivity index (χ0n) is 16.0. The summed E-state index contributed by atoms with van der Waals surface area (Å²) in [6.07, 6.45) is 3.92. The Morgan fingerprint density at radius 3 is 2.65 bits per heavy atom. The van der Waals surface area contributed by atoms with Crippen molar-refractivity contribution in [3.63, 3.8) is 0 Å². The van der Waals surface area contributed by atoms with E-state index < -0.39 is 0 Å². The van der Waals surface area contributed by atoms with Crippen LogP contribution in [0.1, 0.15) is 35.7 Å². The molecule has 2 N–H and O–H groups in total. The van der Waals surface area contributed by atoms with Gasteiger partial charge in [-0.05, 0) is 30.5 Å². The predicted octanol–water partition coefficient (Wildman–Crippen LogP) is 3.37. The molecule has 0 saturated carbocycles. The fourth-order valence-electron chi connectivity index (χ4n) is 2.31. The summed E-state index contributed by atoms with van der Waals surface area (Å²) in [5.74, 6) is 2.26. The van der Waals surface area contributed by atoms with Gasteiger partial charge >= 0.3 is 0 Å². The Kier molecular flexibility index (Phi) is 8.21. The van der Waals surface area contributed by atoms with Gasteiger partial charge in [-0.3, -0.25) is 4.99 Å². The van der Waals surface area contributed by atoms with E-state index in [1.165, 1.54) is 4.88 Å². The monoisotopic (exact) mass is 376 g/mol. The fraction of sp³-hybridized carbons (Fsp3) is 0.474. The van der Waals surface area contributed by atoms with Crippen molar-refractivity contribution in [1.82, 2.24) is 15.6 Å². The third kappa shape index (κ3) is 5.91. The molecular formula is C19H28N4O2S. The molecule has 0 radical (unpaired) electrons. The second kappa shape index (κ2) is 10.7. The number of hydrogen-bond donors (Lipinski definition) is 2. The van der Waals surface area contributed by atoms with Gasteiger partial charge in [-0.2, -0.15) is 0 Å². The van der Waals surface area contributed by atoms with Gasteiger partial charge in [0.2, 0.25) is 0 Å². The van der Waals surface area contributed by atoms with Crippen molar-refractivity contribution in [3.05, 3.63) is 39.8 Å². The van der Waals surface area contributed by atoms with E-state index in [0.717, 1.165) is 40.9 Å². The van der Waals surface area contributed by atoms with Crippen LogP contribution in [0.25, 0.3) is 0 Å². The molecule has 0 fully saturated rings. The summed E-state index contributed by atoms with van der Waals surface area (Å²) in [5, 5.41) is 7.66. The maximum atomic E-state index is 5.69. The van der Waals surface area contributed by atoms with Gasteiger partial charge in [0.25, 0.3) is 0 Å². The number of aliphatic imine (C=N–C) groups is 1. The quantitative estimate of drug-likeness (QED) is 0.519. The summed E-state index contributed by atoms with van der Waals surface area (Å²) in [7, 11) is 3.42. The number of guanidine groups is 1. The normalized spacial score (nSPS) is 11.3. The first-order valence-corrected chi connectivity index (χ1v) is 9.69. The first kappa shape index (κ1) is 20.0. The van der Waals surface area contributed by atoms with Gasteiger partial charge in [0.05, 0.1) is 20.3 Å². The minimum Gasteiger partial charge on any atom is -0.493 e. The lowest BCUT2D eigenvalue weighted by Crippen LogP contribution is -2.36. The van der Waals surface area contributed by atoms with E-state index in [2.05, 4.69) is 34.5 Å². The van der Waals surface area contributed by atoms with Crippen LogP contribution in [0.2, 0.25) is 0 Å². The molecule has 1 heterocycles. The Bertz CT molecular complexity index is 715. The van der Waals surface area contributed by atoms with Gasteiger partial charge in [0.1, 0.15) is 5.01 Å². The van der Waals surface area contributed by atoms with Crippen molar-refractivity contribution in [2.24, 2.45) is 4.99 Å². The molecular weight excluding hydrogens is 348 g/mol. The van der Waals surface area contributed by atoms with E-state index in [9.17, 15) is 0 Å². The van der Waals surface area contributed by atoms with Gasteiger partial charge in [-0.15, -0.1) is 11.3 Å². The molecule has 1 aromatic heterocycles. The second-order valence-electron chi connectivity index (χ2n) is 5.69. The number of aromatic nitrogens is 1. The lowest BCUT2D eigenvalue weighted by molar-refractivity contribution is 0.294. The largest absolute Gasteiger partial charge is 0.493 e. The smallest absolute Gasteiger partial charge is 0.191 e. The van der Waals surface area contributed by atoms with Crippen LogP contribution in [-0.4, -0.2) is 31.7 Å². The number of thiazole rings is 1. The summed E-state index contributed by atoms with van der Waals surface area (Å²) in [4.78, 5) is 9.97. The molecule has 0 saturated heterocycles. The van der Waals surface area contributed by atoms with Crippen LogP contribution in [-0.2, 0) is 19.5 Å². The summed E-state index contributed by atoms with van der Waals surface area (Å²) >= 11 is 1.73. The highest BCUT2D eigenvalue weighted by molar-refractivity contribution is 7.11. The van der Waals surface area contributed by atoms with Crippen LogP contribution in [0, 0.1) is 0 Å². The summed E-state index contributed by atoms with van der Waals surface area (Å²) in [6, 6.07) is 5.96. The molecule has 26 heavy (non-hydrogen) atoms. The molecule has 0 unspecified atom stereocenters. The number of methoxy groups -OCH3 is 1. The number of hydrogen-bond acceptors (Lipinski definition) is 5. The van der Waals surface area contributed by atoms with Crippen LogP contribution in [0.3, 0.4) is 0 Å². The van der Waals surface area contributed by atoms with Crippen LogP contribution in [0.4, 0.5) is 0 Å². The van der Waals surface area contributed by atoms with E-state index in [1.54, 1.807) is 25.5 Å². The van der Waals surface area contributed by atoms with Crippen LogP contribution in [0.15, 0.2) is 29.4 Å². The number of nitrogens with zero attached hydrogens (tertiary/aromatic N) is 2. The molecule has 1 aromatic carbocycles. The Labute approximate surface area is 159 Å². The summed E-state index contributed by atoms with van der Waals surface area (Å²) in [6.45, 7) is 6.21. The third-order valence-electron chi connectivity index (χ3n) is 3.73. The Hall–Kier alpha value is -2.28. The number of benzene rings is 1. The SMILES string of the molecule is CCCOc1ccc(CNC(=NC)NCc2ncc(CC)s2)cc1OC. The van der Waals surface area contributed by atoms with Crippen molar-refractivity contribution in [2.45, 2.75) is 39.8 Å². The number of nitrogens with one attached hydrogen (secondary N) is 2. The van der Waals surface area contributed by atoms with Crippen molar-refractivity contribution < 1.29 is 9.47 Å². The molecule has 0 aliphatic carbocycles. The van der Waals surface area contributed by atoms with Crippen LogP contribution >= 0.6 is 11.3 Å².